The minimum Gasteiger partial charge on any atom is -0.493 e. The third kappa shape index (κ3) is 4.30. The van der Waals surface area contributed by atoms with E-state index >= 15 is 0 Å². The van der Waals surface area contributed by atoms with E-state index in [1.807, 2.05) is 29.2 Å². The Labute approximate surface area is 167 Å². The molecule has 150 valence electrons. The second-order valence-electron chi connectivity index (χ2n) is 7.11. The Balaban J connectivity index is 1.72. The summed E-state index contributed by atoms with van der Waals surface area (Å²) >= 11 is 0. The lowest BCUT2D eigenvalue weighted by molar-refractivity contribution is 0.0734. The molecular formula is C23H30N2O3. The molecule has 0 atom stereocenters. The van der Waals surface area contributed by atoms with Gasteiger partial charge in [0.05, 0.1) is 14.2 Å². The molecule has 0 aliphatic carbocycles. The summed E-state index contributed by atoms with van der Waals surface area (Å²) in [6.07, 6.45) is 0.821. The van der Waals surface area contributed by atoms with Gasteiger partial charge in [0.15, 0.2) is 11.5 Å². The Bertz CT molecular complexity index is 813. The maximum atomic E-state index is 13.0. The lowest BCUT2D eigenvalue weighted by atomic mass is 9.98. The quantitative estimate of drug-likeness (QED) is 0.732. The van der Waals surface area contributed by atoms with Gasteiger partial charge >= 0.3 is 0 Å². The van der Waals surface area contributed by atoms with Crippen molar-refractivity contribution in [2.45, 2.75) is 33.4 Å². The molecule has 1 aliphatic rings. The number of hydrogen-bond acceptors (Lipinski definition) is 4. The minimum atomic E-state index is 0.0785. The highest BCUT2D eigenvalue weighted by Crippen LogP contribution is 2.33. The van der Waals surface area contributed by atoms with Crippen LogP contribution in [0.4, 0.5) is 0 Å². The average Bonchev–Trinajstić information content (AvgIpc) is 2.75. The van der Waals surface area contributed by atoms with Crippen LogP contribution in [0.15, 0.2) is 36.4 Å². The molecule has 1 aliphatic heterocycles. The SMILES string of the molecule is CCN(CC)Cc1ccc(C(=O)N2CCc3cc(OC)c(OC)cc3C2)cc1. The Morgan fingerprint density at radius 1 is 1.00 bits per heavy atom. The van der Waals surface area contributed by atoms with Crippen molar-refractivity contribution < 1.29 is 14.3 Å². The van der Waals surface area contributed by atoms with Crippen molar-refractivity contribution in [3.63, 3.8) is 0 Å². The average molecular weight is 383 g/mol. The normalized spacial score (nSPS) is 13.4. The molecule has 0 aromatic heterocycles. The summed E-state index contributed by atoms with van der Waals surface area (Å²) in [5, 5.41) is 0. The summed E-state index contributed by atoms with van der Waals surface area (Å²) in [5.41, 5.74) is 4.32. The number of carbonyl (C=O) groups excluding carboxylic acids is 1. The number of ether oxygens (including phenoxy) is 2. The third-order valence-electron chi connectivity index (χ3n) is 5.51. The van der Waals surface area contributed by atoms with E-state index in [0.29, 0.717) is 18.8 Å². The molecule has 0 spiro atoms. The molecule has 2 aromatic carbocycles. The largest absolute Gasteiger partial charge is 0.493 e. The standard InChI is InChI=1S/C23H30N2O3/c1-5-24(6-2)15-17-7-9-18(10-8-17)23(26)25-12-11-19-13-21(27-3)22(28-4)14-20(19)16-25/h7-10,13-14H,5-6,11-12,15-16H2,1-4H3. The summed E-state index contributed by atoms with van der Waals surface area (Å²) in [5.74, 6) is 1.52. The van der Waals surface area contributed by atoms with Gasteiger partial charge in [0.25, 0.3) is 5.91 Å². The van der Waals surface area contributed by atoms with E-state index in [1.54, 1.807) is 14.2 Å². The van der Waals surface area contributed by atoms with Crippen LogP contribution >= 0.6 is 0 Å². The molecule has 0 fully saturated rings. The van der Waals surface area contributed by atoms with Crippen LogP contribution in [0.25, 0.3) is 0 Å². The Morgan fingerprint density at radius 3 is 2.18 bits per heavy atom. The molecule has 2 aromatic rings. The van der Waals surface area contributed by atoms with Crippen LogP contribution in [0, 0.1) is 0 Å². The number of amides is 1. The van der Waals surface area contributed by atoms with Gasteiger partial charge in [-0.05, 0) is 60.5 Å². The van der Waals surface area contributed by atoms with Crippen LogP contribution in [0.5, 0.6) is 11.5 Å². The Morgan fingerprint density at radius 2 is 1.61 bits per heavy atom. The second kappa shape index (κ2) is 9.11. The predicted octanol–water partition coefficient (Wildman–Crippen LogP) is 3.74. The van der Waals surface area contributed by atoms with Gasteiger partial charge in [0, 0.05) is 25.2 Å². The van der Waals surface area contributed by atoms with Gasteiger partial charge in [-0.1, -0.05) is 26.0 Å². The zero-order valence-corrected chi connectivity index (χ0v) is 17.3. The molecule has 5 nitrogen and oxygen atoms in total. The first-order valence-electron chi connectivity index (χ1n) is 9.93. The van der Waals surface area contributed by atoms with E-state index < -0.39 is 0 Å². The van der Waals surface area contributed by atoms with Crippen LogP contribution in [0.2, 0.25) is 0 Å². The molecular weight excluding hydrogens is 352 g/mol. The Kier molecular flexibility index (Phi) is 6.57. The van der Waals surface area contributed by atoms with Gasteiger partial charge < -0.3 is 14.4 Å². The number of fused-ring (bicyclic) bond motifs is 1. The van der Waals surface area contributed by atoms with E-state index in [9.17, 15) is 4.79 Å². The highest BCUT2D eigenvalue weighted by Gasteiger charge is 2.23. The molecule has 0 radical (unpaired) electrons. The number of nitrogens with zero attached hydrogens (tertiary/aromatic N) is 2. The van der Waals surface area contributed by atoms with E-state index in [2.05, 4.69) is 30.9 Å². The Hall–Kier alpha value is -2.53. The summed E-state index contributed by atoms with van der Waals surface area (Å²) in [6, 6.07) is 12.0. The lowest BCUT2D eigenvalue weighted by Crippen LogP contribution is -2.36. The van der Waals surface area contributed by atoms with Crippen molar-refractivity contribution in [1.82, 2.24) is 9.80 Å². The molecule has 0 saturated carbocycles. The number of hydrogen-bond donors (Lipinski definition) is 0. The smallest absolute Gasteiger partial charge is 0.254 e. The molecule has 0 unspecified atom stereocenters. The number of methoxy groups -OCH3 is 2. The molecule has 0 N–H and O–H groups in total. The maximum Gasteiger partial charge on any atom is 0.254 e. The number of carbonyl (C=O) groups is 1. The fraction of sp³-hybridized carbons (Fsp3) is 0.435. The molecule has 28 heavy (non-hydrogen) atoms. The third-order valence-corrected chi connectivity index (χ3v) is 5.51. The van der Waals surface area contributed by atoms with Crippen LogP contribution in [-0.2, 0) is 19.5 Å². The first kappa shape index (κ1) is 20.2. The fourth-order valence-electron chi connectivity index (χ4n) is 3.70. The maximum absolute atomic E-state index is 13.0. The highest BCUT2D eigenvalue weighted by molar-refractivity contribution is 5.94. The van der Waals surface area contributed by atoms with E-state index in [-0.39, 0.29) is 5.91 Å². The highest BCUT2D eigenvalue weighted by atomic mass is 16.5. The van der Waals surface area contributed by atoms with Crippen molar-refractivity contribution in [3.05, 3.63) is 58.7 Å². The zero-order chi connectivity index (χ0) is 20.1. The van der Waals surface area contributed by atoms with Crippen LogP contribution < -0.4 is 9.47 Å². The molecule has 1 heterocycles. The molecule has 1 amide bonds. The first-order valence-corrected chi connectivity index (χ1v) is 9.93. The lowest BCUT2D eigenvalue weighted by Gasteiger charge is -2.30. The van der Waals surface area contributed by atoms with Gasteiger partial charge in [-0.2, -0.15) is 0 Å². The summed E-state index contributed by atoms with van der Waals surface area (Å²) < 4.78 is 10.8. The van der Waals surface area contributed by atoms with Crippen LogP contribution in [0.3, 0.4) is 0 Å². The van der Waals surface area contributed by atoms with Gasteiger partial charge in [-0.25, -0.2) is 0 Å². The van der Waals surface area contributed by atoms with Crippen molar-refractivity contribution >= 4 is 5.91 Å². The van der Waals surface area contributed by atoms with Gasteiger partial charge in [-0.15, -0.1) is 0 Å². The van der Waals surface area contributed by atoms with Gasteiger partial charge in [0.1, 0.15) is 0 Å². The summed E-state index contributed by atoms with van der Waals surface area (Å²) in [7, 11) is 3.28. The number of benzene rings is 2. The monoisotopic (exact) mass is 382 g/mol. The molecule has 5 heteroatoms. The van der Waals surface area contributed by atoms with Crippen molar-refractivity contribution in [2.24, 2.45) is 0 Å². The van der Waals surface area contributed by atoms with E-state index in [0.717, 1.165) is 42.9 Å². The molecule has 3 rings (SSSR count). The molecule has 0 saturated heterocycles. The van der Waals surface area contributed by atoms with Crippen molar-refractivity contribution in [1.29, 1.82) is 0 Å². The first-order chi connectivity index (χ1) is 13.6. The summed E-state index contributed by atoms with van der Waals surface area (Å²) in [6.45, 7) is 8.61. The second-order valence-corrected chi connectivity index (χ2v) is 7.11. The van der Waals surface area contributed by atoms with Gasteiger partial charge in [-0.3, -0.25) is 9.69 Å². The fourth-order valence-corrected chi connectivity index (χ4v) is 3.70. The predicted molar refractivity (Wildman–Crippen MR) is 111 cm³/mol. The van der Waals surface area contributed by atoms with Crippen LogP contribution in [-0.4, -0.2) is 49.6 Å². The molecule has 0 bridgehead atoms. The van der Waals surface area contributed by atoms with Crippen molar-refractivity contribution in [2.75, 3.05) is 33.9 Å². The van der Waals surface area contributed by atoms with E-state index in [1.165, 1.54) is 11.1 Å². The van der Waals surface area contributed by atoms with Crippen molar-refractivity contribution in [3.8, 4) is 11.5 Å². The topological polar surface area (TPSA) is 42.0 Å². The summed E-state index contributed by atoms with van der Waals surface area (Å²) in [4.78, 5) is 17.3. The number of rotatable bonds is 7. The van der Waals surface area contributed by atoms with E-state index in [4.69, 9.17) is 9.47 Å². The zero-order valence-electron chi connectivity index (χ0n) is 17.3. The van der Waals surface area contributed by atoms with Crippen LogP contribution in [0.1, 0.15) is 40.9 Å². The minimum absolute atomic E-state index is 0.0785. The van der Waals surface area contributed by atoms with Gasteiger partial charge in [0.2, 0.25) is 0 Å².